The van der Waals surface area contributed by atoms with Gasteiger partial charge in [0, 0.05) is 17.2 Å². The van der Waals surface area contributed by atoms with E-state index in [1.165, 1.54) is 0 Å². The second-order valence-corrected chi connectivity index (χ2v) is 4.36. The van der Waals surface area contributed by atoms with Gasteiger partial charge in [0.15, 0.2) is 0 Å². The molecule has 0 atom stereocenters. The maximum absolute atomic E-state index is 6.14. The number of allylic oxidation sites excluding steroid dienone is 1. The maximum Gasteiger partial charge on any atom is 0.122 e. The minimum Gasteiger partial charge on any atom is -0.385 e. The van der Waals surface area contributed by atoms with E-state index in [1.54, 1.807) is 28.6 Å². The van der Waals surface area contributed by atoms with E-state index >= 15 is 0 Å². The van der Waals surface area contributed by atoms with Crippen molar-refractivity contribution < 1.29 is 0 Å². The number of nitrogens with zero attached hydrogens (tertiary/aromatic N) is 2. The molecule has 0 aliphatic carbocycles. The standard InChI is InChI=1S/C13H17N3S/c1-4-7-11(13-15-8-10-17-13)12(14)16(6-3)9-5-2/h2,6,8,10H,3-4,7,9,14H2,1H3/b12-11+. The van der Waals surface area contributed by atoms with Crippen molar-refractivity contribution in [3.63, 3.8) is 0 Å². The summed E-state index contributed by atoms with van der Waals surface area (Å²) in [5.41, 5.74) is 7.18. The molecule has 90 valence electrons. The maximum atomic E-state index is 6.14. The molecule has 3 nitrogen and oxygen atoms in total. The lowest BCUT2D eigenvalue weighted by Gasteiger charge is -2.20. The van der Waals surface area contributed by atoms with Gasteiger partial charge in [-0.25, -0.2) is 4.98 Å². The molecule has 1 heterocycles. The third kappa shape index (κ3) is 3.36. The Morgan fingerprint density at radius 1 is 1.76 bits per heavy atom. The van der Waals surface area contributed by atoms with Crippen LogP contribution in [0.25, 0.3) is 5.57 Å². The fraction of sp³-hybridized carbons (Fsp3) is 0.308. The predicted octanol–water partition coefficient (Wildman–Crippen LogP) is 2.65. The quantitative estimate of drug-likeness (QED) is 0.786. The summed E-state index contributed by atoms with van der Waals surface area (Å²) < 4.78 is 0. The number of hydrogen-bond acceptors (Lipinski definition) is 4. The van der Waals surface area contributed by atoms with Crippen molar-refractivity contribution in [3.8, 4) is 12.3 Å². The first-order valence-electron chi connectivity index (χ1n) is 5.45. The van der Waals surface area contributed by atoms with Crippen molar-refractivity contribution in [2.45, 2.75) is 19.8 Å². The van der Waals surface area contributed by atoms with Crippen LogP contribution < -0.4 is 5.73 Å². The third-order valence-corrected chi connectivity index (χ3v) is 3.12. The molecule has 2 N–H and O–H groups in total. The van der Waals surface area contributed by atoms with E-state index in [0.717, 1.165) is 23.4 Å². The number of hydrogen-bond donors (Lipinski definition) is 1. The van der Waals surface area contributed by atoms with Crippen LogP contribution in [0.5, 0.6) is 0 Å². The van der Waals surface area contributed by atoms with Gasteiger partial charge in [0.2, 0.25) is 0 Å². The molecule has 0 aliphatic heterocycles. The van der Waals surface area contributed by atoms with Gasteiger partial charge >= 0.3 is 0 Å². The Kier molecular flexibility index (Phi) is 5.31. The van der Waals surface area contributed by atoms with Gasteiger partial charge in [-0.1, -0.05) is 25.8 Å². The highest BCUT2D eigenvalue weighted by atomic mass is 32.1. The molecule has 0 spiro atoms. The molecule has 1 aromatic rings. The van der Waals surface area contributed by atoms with Crippen LogP contribution in [0.1, 0.15) is 24.8 Å². The first-order chi connectivity index (χ1) is 8.24. The Bertz CT molecular complexity index is 426. The summed E-state index contributed by atoms with van der Waals surface area (Å²) in [7, 11) is 0. The van der Waals surface area contributed by atoms with Crippen molar-refractivity contribution in [3.05, 3.63) is 35.2 Å². The monoisotopic (exact) mass is 247 g/mol. The molecule has 1 rings (SSSR count). The summed E-state index contributed by atoms with van der Waals surface area (Å²) >= 11 is 1.58. The molecule has 0 unspecified atom stereocenters. The summed E-state index contributed by atoms with van der Waals surface area (Å²) in [4.78, 5) is 6.07. The Hall–Kier alpha value is -1.73. The molecule has 0 amide bonds. The Labute approximate surface area is 107 Å². The molecule has 1 aromatic heterocycles. The highest BCUT2D eigenvalue weighted by Crippen LogP contribution is 2.25. The van der Waals surface area contributed by atoms with E-state index in [1.807, 2.05) is 5.38 Å². The summed E-state index contributed by atoms with van der Waals surface area (Å²) in [5.74, 6) is 3.21. The van der Waals surface area contributed by atoms with Crippen LogP contribution in [0.4, 0.5) is 0 Å². The van der Waals surface area contributed by atoms with E-state index in [0.29, 0.717) is 12.4 Å². The van der Waals surface area contributed by atoms with Gasteiger partial charge in [-0.05, 0) is 12.6 Å². The van der Waals surface area contributed by atoms with Crippen molar-refractivity contribution >= 4 is 16.9 Å². The molecule has 17 heavy (non-hydrogen) atoms. The number of nitrogens with two attached hydrogens (primary N) is 1. The van der Waals surface area contributed by atoms with Crippen molar-refractivity contribution in [1.29, 1.82) is 0 Å². The number of thiazole rings is 1. The van der Waals surface area contributed by atoms with E-state index in [2.05, 4.69) is 24.4 Å². The first-order valence-corrected chi connectivity index (χ1v) is 6.33. The molecule has 0 saturated heterocycles. The van der Waals surface area contributed by atoms with Gasteiger partial charge in [-0.3, -0.25) is 0 Å². The molecule has 0 aromatic carbocycles. The largest absolute Gasteiger partial charge is 0.385 e. The summed E-state index contributed by atoms with van der Waals surface area (Å²) in [6.45, 7) is 6.26. The fourth-order valence-electron chi connectivity index (χ4n) is 1.49. The highest BCUT2D eigenvalue weighted by molar-refractivity contribution is 7.10. The minimum atomic E-state index is 0.425. The van der Waals surface area contributed by atoms with Crippen molar-refractivity contribution in [2.24, 2.45) is 5.73 Å². The lowest BCUT2D eigenvalue weighted by molar-refractivity contribution is 0.519. The Balaban J connectivity index is 3.10. The number of rotatable bonds is 6. The van der Waals surface area contributed by atoms with Crippen LogP contribution in [0, 0.1) is 12.3 Å². The van der Waals surface area contributed by atoms with Gasteiger partial charge < -0.3 is 10.6 Å². The summed E-state index contributed by atoms with van der Waals surface area (Å²) in [5, 5.41) is 2.89. The zero-order valence-electron chi connectivity index (χ0n) is 10.0. The van der Waals surface area contributed by atoms with Crippen molar-refractivity contribution in [1.82, 2.24) is 9.88 Å². The summed E-state index contributed by atoms with van der Waals surface area (Å²) in [6, 6.07) is 0. The van der Waals surface area contributed by atoms with Crippen molar-refractivity contribution in [2.75, 3.05) is 6.54 Å². The van der Waals surface area contributed by atoms with Gasteiger partial charge in [0.25, 0.3) is 0 Å². The van der Waals surface area contributed by atoms with Crippen LogP contribution in [-0.4, -0.2) is 16.4 Å². The van der Waals surface area contributed by atoms with Gasteiger partial charge in [0.1, 0.15) is 10.8 Å². The van der Waals surface area contributed by atoms with Crippen LogP contribution >= 0.6 is 11.3 Å². The van der Waals surface area contributed by atoms with Crippen LogP contribution in [0.15, 0.2) is 30.2 Å². The van der Waals surface area contributed by atoms with E-state index < -0.39 is 0 Å². The smallest absolute Gasteiger partial charge is 0.122 e. The zero-order valence-corrected chi connectivity index (χ0v) is 10.8. The fourth-order valence-corrected chi connectivity index (χ4v) is 2.21. The lowest BCUT2D eigenvalue weighted by atomic mass is 10.1. The molecule has 0 fully saturated rings. The second kappa shape index (κ2) is 6.77. The van der Waals surface area contributed by atoms with Gasteiger partial charge in [-0.2, -0.15) is 0 Å². The van der Waals surface area contributed by atoms with E-state index in [9.17, 15) is 0 Å². The van der Waals surface area contributed by atoms with Gasteiger partial charge in [-0.15, -0.1) is 17.8 Å². The summed E-state index contributed by atoms with van der Waals surface area (Å²) in [6.07, 6.45) is 10.6. The molecule has 0 saturated carbocycles. The second-order valence-electron chi connectivity index (χ2n) is 3.47. The lowest BCUT2D eigenvalue weighted by Crippen LogP contribution is -2.24. The Morgan fingerprint density at radius 2 is 2.53 bits per heavy atom. The predicted molar refractivity (Wildman–Crippen MR) is 73.9 cm³/mol. The van der Waals surface area contributed by atoms with E-state index in [-0.39, 0.29) is 0 Å². The molecular formula is C13H17N3S. The average Bonchev–Trinajstić information content (AvgIpc) is 2.85. The Morgan fingerprint density at radius 3 is 3.00 bits per heavy atom. The topological polar surface area (TPSA) is 42.1 Å². The molecular weight excluding hydrogens is 230 g/mol. The average molecular weight is 247 g/mol. The van der Waals surface area contributed by atoms with Crippen LogP contribution in [-0.2, 0) is 0 Å². The molecule has 0 radical (unpaired) electrons. The zero-order chi connectivity index (χ0) is 12.7. The van der Waals surface area contributed by atoms with E-state index in [4.69, 9.17) is 12.2 Å². The molecule has 4 heteroatoms. The minimum absolute atomic E-state index is 0.425. The van der Waals surface area contributed by atoms with Crippen LogP contribution in [0.2, 0.25) is 0 Å². The SMILES string of the molecule is C#CCN(C=C)/C(N)=C(\CCC)c1nccs1. The third-order valence-electron chi connectivity index (χ3n) is 2.29. The highest BCUT2D eigenvalue weighted by Gasteiger charge is 2.12. The van der Waals surface area contributed by atoms with Crippen LogP contribution in [0.3, 0.4) is 0 Å². The molecule has 0 bridgehead atoms. The molecule has 0 aliphatic rings. The number of aromatic nitrogens is 1. The normalized spacial score (nSPS) is 11.5. The van der Waals surface area contributed by atoms with Gasteiger partial charge in [0.05, 0.1) is 6.54 Å². The first kappa shape index (κ1) is 13.3. The number of terminal acetylenes is 1.